The van der Waals surface area contributed by atoms with Crippen LogP contribution >= 0.6 is 0 Å². The second kappa shape index (κ2) is 4.46. The molecule has 94 valence electrons. The molecule has 4 heteroatoms. The molecule has 1 aromatic heterocycles. The molecule has 1 amide bonds. The van der Waals surface area contributed by atoms with E-state index in [1.807, 2.05) is 42.3 Å². The number of nitrogens with one attached hydrogen (secondary N) is 1. The highest BCUT2D eigenvalue weighted by molar-refractivity contribution is 6.06. The van der Waals surface area contributed by atoms with Gasteiger partial charge in [0.25, 0.3) is 5.91 Å². The predicted octanol–water partition coefficient (Wildman–Crippen LogP) is 2.03. The number of H-pyrrole nitrogens is 1. The molecule has 0 aliphatic carbocycles. The van der Waals surface area contributed by atoms with Crippen LogP contribution in [0.1, 0.15) is 17.3 Å². The highest BCUT2D eigenvalue weighted by Crippen LogP contribution is 2.20. The molecular formula is C14H16N2O2. The number of hydrogen-bond acceptors (Lipinski definition) is 2. The fraction of sp³-hybridized carbons (Fsp3) is 0.357. The zero-order chi connectivity index (χ0) is 12.5. The van der Waals surface area contributed by atoms with Crippen molar-refractivity contribution in [3.8, 4) is 0 Å². The van der Waals surface area contributed by atoms with E-state index in [2.05, 4.69) is 4.98 Å². The fourth-order valence-corrected chi connectivity index (χ4v) is 2.45. The van der Waals surface area contributed by atoms with Gasteiger partial charge >= 0.3 is 0 Å². The number of hydrogen-bond donors (Lipinski definition) is 1. The molecule has 1 atom stereocenters. The third-order valence-corrected chi connectivity index (χ3v) is 3.35. The Labute approximate surface area is 106 Å². The monoisotopic (exact) mass is 244 g/mol. The third kappa shape index (κ3) is 1.88. The number of fused-ring (bicyclic) bond motifs is 1. The summed E-state index contributed by atoms with van der Waals surface area (Å²) in [5, 5.41) is 0.988. The van der Waals surface area contributed by atoms with E-state index < -0.39 is 0 Å². The second-order valence-corrected chi connectivity index (χ2v) is 4.68. The minimum Gasteiger partial charge on any atom is -0.375 e. The van der Waals surface area contributed by atoms with E-state index in [4.69, 9.17) is 4.74 Å². The van der Waals surface area contributed by atoms with Crippen LogP contribution in [0.5, 0.6) is 0 Å². The van der Waals surface area contributed by atoms with Crippen molar-refractivity contribution in [2.24, 2.45) is 0 Å². The van der Waals surface area contributed by atoms with E-state index in [-0.39, 0.29) is 12.0 Å². The topological polar surface area (TPSA) is 45.3 Å². The smallest absolute Gasteiger partial charge is 0.254 e. The van der Waals surface area contributed by atoms with Crippen LogP contribution in [0, 0.1) is 0 Å². The Kier molecular flexibility index (Phi) is 2.80. The Bertz CT molecular complexity index is 576. The van der Waals surface area contributed by atoms with Gasteiger partial charge in [0, 0.05) is 35.8 Å². The standard InChI is InChI=1S/C14H16N2O2/c1-10-9-16(7-8-18-10)14(17)12-3-2-4-13-11(12)5-6-15-13/h2-6,10,15H,7-9H2,1H3. The van der Waals surface area contributed by atoms with Gasteiger partial charge in [0.2, 0.25) is 0 Å². The van der Waals surface area contributed by atoms with Crippen molar-refractivity contribution in [2.75, 3.05) is 19.7 Å². The summed E-state index contributed by atoms with van der Waals surface area (Å²) >= 11 is 0. The van der Waals surface area contributed by atoms with Gasteiger partial charge in [-0.05, 0) is 25.1 Å². The van der Waals surface area contributed by atoms with Gasteiger partial charge in [0.1, 0.15) is 0 Å². The van der Waals surface area contributed by atoms with Crippen LogP contribution in [0.15, 0.2) is 30.5 Å². The summed E-state index contributed by atoms with van der Waals surface area (Å²) in [6.45, 7) is 3.95. The largest absolute Gasteiger partial charge is 0.375 e. The molecule has 3 rings (SSSR count). The van der Waals surface area contributed by atoms with Crippen molar-refractivity contribution in [1.82, 2.24) is 9.88 Å². The quantitative estimate of drug-likeness (QED) is 0.834. The van der Waals surface area contributed by atoms with Crippen molar-refractivity contribution in [1.29, 1.82) is 0 Å². The lowest BCUT2D eigenvalue weighted by Gasteiger charge is -2.31. The average Bonchev–Trinajstić information content (AvgIpc) is 2.86. The SMILES string of the molecule is CC1CN(C(=O)c2cccc3[nH]ccc23)CCO1. The lowest BCUT2D eigenvalue weighted by Crippen LogP contribution is -2.44. The number of carbonyl (C=O) groups excluding carboxylic acids is 1. The molecule has 4 nitrogen and oxygen atoms in total. The number of aromatic amines is 1. The fourth-order valence-electron chi connectivity index (χ4n) is 2.45. The molecule has 18 heavy (non-hydrogen) atoms. The molecule has 2 heterocycles. The number of morpholine rings is 1. The minimum atomic E-state index is 0.0929. The molecule has 0 saturated carbocycles. The number of amides is 1. The normalized spacial score (nSPS) is 20.3. The van der Waals surface area contributed by atoms with Crippen molar-refractivity contribution < 1.29 is 9.53 Å². The van der Waals surface area contributed by atoms with E-state index in [1.165, 1.54) is 0 Å². The number of rotatable bonds is 1. The molecule has 1 aromatic carbocycles. The molecule has 1 aliphatic rings. The highest BCUT2D eigenvalue weighted by Gasteiger charge is 2.23. The van der Waals surface area contributed by atoms with E-state index in [9.17, 15) is 4.79 Å². The van der Waals surface area contributed by atoms with E-state index in [0.29, 0.717) is 19.7 Å². The average molecular weight is 244 g/mol. The van der Waals surface area contributed by atoms with Gasteiger partial charge in [-0.2, -0.15) is 0 Å². The summed E-state index contributed by atoms with van der Waals surface area (Å²) in [6.07, 6.45) is 1.98. The highest BCUT2D eigenvalue weighted by atomic mass is 16.5. The van der Waals surface area contributed by atoms with Gasteiger partial charge < -0.3 is 14.6 Å². The molecule has 1 aliphatic heterocycles. The molecule has 2 aromatic rings. The lowest BCUT2D eigenvalue weighted by atomic mass is 10.1. The first-order valence-electron chi connectivity index (χ1n) is 6.22. The summed E-state index contributed by atoms with van der Waals surface area (Å²) in [5.74, 6) is 0.0929. The molecule has 1 fully saturated rings. The summed E-state index contributed by atoms with van der Waals surface area (Å²) in [7, 11) is 0. The maximum atomic E-state index is 12.5. The predicted molar refractivity (Wildman–Crippen MR) is 69.6 cm³/mol. The van der Waals surface area contributed by atoms with E-state index >= 15 is 0 Å². The van der Waals surface area contributed by atoms with Gasteiger partial charge in [-0.1, -0.05) is 6.07 Å². The zero-order valence-electron chi connectivity index (χ0n) is 10.3. The van der Waals surface area contributed by atoms with Crippen LogP contribution in [0.4, 0.5) is 0 Å². The number of benzene rings is 1. The van der Waals surface area contributed by atoms with E-state index in [1.54, 1.807) is 0 Å². The molecule has 0 radical (unpaired) electrons. The third-order valence-electron chi connectivity index (χ3n) is 3.35. The van der Waals surface area contributed by atoms with Crippen LogP contribution in [0.2, 0.25) is 0 Å². The number of aromatic nitrogens is 1. The first-order chi connectivity index (χ1) is 8.75. The first-order valence-corrected chi connectivity index (χ1v) is 6.22. The number of ether oxygens (including phenoxy) is 1. The molecule has 0 bridgehead atoms. The molecule has 1 saturated heterocycles. The molecule has 0 spiro atoms. The number of nitrogens with zero attached hydrogens (tertiary/aromatic N) is 1. The Morgan fingerprint density at radius 3 is 3.17 bits per heavy atom. The van der Waals surface area contributed by atoms with Gasteiger partial charge in [-0.25, -0.2) is 0 Å². The maximum absolute atomic E-state index is 12.5. The number of carbonyl (C=O) groups is 1. The summed E-state index contributed by atoms with van der Waals surface area (Å²) in [4.78, 5) is 17.5. The maximum Gasteiger partial charge on any atom is 0.254 e. The van der Waals surface area contributed by atoms with Gasteiger partial charge in [0.05, 0.1) is 12.7 Å². The van der Waals surface area contributed by atoms with Crippen LogP contribution in [-0.4, -0.2) is 41.6 Å². The Morgan fingerprint density at radius 2 is 2.33 bits per heavy atom. The minimum absolute atomic E-state index is 0.0929. The lowest BCUT2D eigenvalue weighted by molar-refractivity contribution is -0.0123. The second-order valence-electron chi connectivity index (χ2n) is 4.68. The summed E-state index contributed by atoms with van der Waals surface area (Å²) in [5.41, 5.74) is 1.77. The Balaban J connectivity index is 1.94. The Hall–Kier alpha value is -1.81. The van der Waals surface area contributed by atoms with Crippen LogP contribution in [0.3, 0.4) is 0 Å². The van der Waals surface area contributed by atoms with Gasteiger partial charge in [-0.15, -0.1) is 0 Å². The first kappa shape index (κ1) is 11.3. The molecule has 1 unspecified atom stereocenters. The van der Waals surface area contributed by atoms with Crippen LogP contribution < -0.4 is 0 Å². The van der Waals surface area contributed by atoms with Crippen molar-refractivity contribution in [3.05, 3.63) is 36.0 Å². The summed E-state index contributed by atoms with van der Waals surface area (Å²) < 4.78 is 5.47. The van der Waals surface area contributed by atoms with Gasteiger partial charge in [-0.3, -0.25) is 4.79 Å². The molecule has 1 N–H and O–H groups in total. The van der Waals surface area contributed by atoms with Gasteiger partial charge in [0.15, 0.2) is 0 Å². The molecular weight excluding hydrogens is 228 g/mol. The van der Waals surface area contributed by atoms with Crippen LogP contribution in [0.25, 0.3) is 10.9 Å². The van der Waals surface area contributed by atoms with Crippen LogP contribution in [-0.2, 0) is 4.74 Å². The van der Waals surface area contributed by atoms with Crippen molar-refractivity contribution in [3.63, 3.8) is 0 Å². The summed E-state index contributed by atoms with van der Waals surface area (Å²) in [6, 6.07) is 7.73. The van der Waals surface area contributed by atoms with Crippen molar-refractivity contribution >= 4 is 16.8 Å². The van der Waals surface area contributed by atoms with Crippen molar-refractivity contribution in [2.45, 2.75) is 13.0 Å². The van der Waals surface area contributed by atoms with E-state index in [0.717, 1.165) is 16.5 Å². The Morgan fingerprint density at radius 1 is 1.44 bits per heavy atom. The zero-order valence-corrected chi connectivity index (χ0v) is 10.3.